The fraction of sp³-hybridized carbons (Fsp3) is 0.308. The third kappa shape index (κ3) is 1.70. The van der Waals surface area contributed by atoms with Gasteiger partial charge in [-0.2, -0.15) is 0 Å². The van der Waals surface area contributed by atoms with Crippen molar-refractivity contribution in [3.8, 4) is 0 Å². The van der Waals surface area contributed by atoms with E-state index in [0.29, 0.717) is 24.0 Å². The molecule has 1 fully saturated rings. The molecular formula is C13H13N3O4. The molecule has 2 N–H and O–H groups in total. The van der Waals surface area contributed by atoms with E-state index in [1.165, 1.54) is 16.7 Å². The molecule has 0 radical (unpaired) electrons. The van der Waals surface area contributed by atoms with Gasteiger partial charge in [0.15, 0.2) is 0 Å². The molecule has 1 aromatic heterocycles. The fourth-order valence-corrected chi connectivity index (χ4v) is 2.62. The van der Waals surface area contributed by atoms with E-state index < -0.39 is 17.7 Å². The van der Waals surface area contributed by atoms with E-state index in [1.54, 1.807) is 18.0 Å². The lowest BCUT2D eigenvalue weighted by atomic mass is 10.2. The van der Waals surface area contributed by atoms with E-state index in [2.05, 4.69) is 4.98 Å². The van der Waals surface area contributed by atoms with Crippen molar-refractivity contribution >= 4 is 22.9 Å². The Morgan fingerprint density at radius 2 is 2.15 bits per heavy atom. The number of carboxylic acids is 1. The first-order valence-corrected chi connectivity index (χ1v) is 6.21. The number of rotatable bonds is 2. The Hall–Kier alpha value is -2.57. The van der Waals surface area contributed by atoms with Crippen LogP contribution in [0, 0.1) is 0 Å². The number of carboxylic acid groups (broad SMARTS) is 1. The Kier molecular flexibility index (Phi) is 2.63. The first-order chi connectivity index (χ1) is 9.49. The number of nitrogens with one attached hydrogen (secondary N) is 1. The average Bonchev–Trinajstić information content (AvgIpc) is 2.89. The monoisotopic (exact) mass is 275 g/mol. The molecule has 2 aromatic rings. The van der Waals surface area contributed by atoms with Crippen LogP contribution in [0.3, 0.4) is 0 Å². The van der Waals surface area contributed by atoms with Crippen LogP contribution in [0.4, 0.5) is 0 Å². The van der Waals surface area contributed by atoms with Gasteiger partial charge in [0, 0.05) is 13.6 Å². The molecule has 1 aliphatic heterocycles. The number of fused-ring (bicyclic) bond motifs is 1. The summed E-state index contributed by atoms with van der Waals surface area (Å²) in [5.74, 6) is -1.16. The quantitative estimate of drug-likeness (QED) is 0.830. The number of aromatic amines is 1. The lowest BCUT2D eigenvalue weighted by Crippen LogP contribution is -2.29. The van der Waals surface area contributed by atoms with Crippen molar-refractivity contribution in [2.45, 2.75) is 12.5 Å². The van der Waals surface area contributed by atoms with Gasteiger partial charge >= 0.3 is 11.7 Å². The Bertz CT molecular complexity index is 774. The van der Waals surface area contributed by atoms with E-state index in [1.807, 2.05) is 0 Å². The van der Waals surface area contributed by atoms with Gasteiger partial charge < -0.3 is 15.0 Å². The summed E-state index contributed by atoms with van der Waals surface area (Å²) in [6.45, 7) is 0.607. The van der Waals surface area contributed by atoms with Crippen LogP contribution < -0.4 is 5.69 Å². The van der Waals surface area contributed by atoms with Crippen LogP contribution in [0.2, 0.25) is 0 Å². The zero-order chi connectivity index (χ0) is 14.4. The van der Waals surface area contributed by atoms with E-state index in [-0.39, 0.29) is 11.5 Å². The van der Waals surface area contributed by atoms with Crippen LogP contribution >= 0.6 is 0 Å². The molecule has 1 saturated heterocycles. The first-order valence-electron chi connectivity index (χ1n) is 6.21. The van der Waals surface area contributed by atoms with Crippen molar-refractivity contribution in [3.05, 3.63) is 34.2 Å². The van der Waals surface area contributed by atoms with E-state index in [0.717, 1.165) is 0 Å². The number of likely N-dealkylation sites (tertiary alicyclic amines) is 1. The van der Waals surface area contributed by atoms with E-state index >= 15 is 0 Å². The fourth-order valence-electron chi connectivity index (χ4n) is 2.62. The molecule has 7 heteroatoms. The number of hydrogen-bond acceptors (Lipinski definition) is 3. The van der Waals surface area contributed by atoms with Gasteiger partial charge in [-0.3, -0.25) is 9.36 Å². The van der Waals surface area contributed by atoms with Gasteiger partial charge in [0.2, 0.25) is 5.91 Å². The lowest BCUT2D eigenvalue weighted by Gasteiger charge is -2.11. The number of benzene rings is 1. The number of H-pyrrole nitrogens is 1. The van der Waals surface area contributed by atoms with Crippen molar-refractivity contribution in [2.75, 3.05) is 13.6 Å². The lowest BCUT2D eigenvalue weighted by molar-refractivity contribution is -0.129. The number of likely N-dealkylation sites (N-methyl/N-ethyl adjacent to an activating group) is 1. The summed E-state index contributed by atoms with van der Waals surface area (Å²) < 4.78 is 1.41. The van der Waals surface area contributed by atoms with Crippen LogP contribution in [-0.2, 0) is 4.79 Å². The maximum Gasteiger partial charge on any atom is 0.335 e. The Morgan fingerprint density at radius 1 is 1.40 bits per heavy atom. The smallest absolute Gasteiger partial charge is 0.335 e. The van der Waals surface area contributed by atoms with Gasteiger partial charge in [0.1, 0.15) is 6.04 Å². The van der Waals surface area contributed by atoms with Crippen LogP contribution in [0.5, 0.6) is 0 Å². The summed E-state index contributed by atoms with van der Waals surface area (Å²) in [5, 5.41) is 8.95. The molecule has 1 aliphatic rings. The second-order valence-electron chi connectivity index (χ2n) is 4.90. The molecule has 2 heterocycles. The molecule has 3 rings (SSSR count). The van der Waals surface area contributed by atoms with Gasteiger partial charge in [0.25, 0.3) is 0 Å². The van der Waals surface area contributed by atoms with Crippen LogP contribution in [-0.4, -0.2) is 45.0 Å². The van der Waals surface area contributed by atoms with Crippen molar-refractivity contribution in [3.63, 3.8) is 0 Å². The summed E-state index contributed by atoms with van der Waals surface area (Å²) in [5.41, 5.74) is 0.683. The van der Waals surface area contributed by atoms with Crippen molar-refractivity contribution in [1.29, 1.82) is 0 Å². The number of carbonyl (C=O) groups is 2. The summed E-state index contributed by atoms with van der Waals surface area (Å²) in [7, 11) is 1.70. The molecule has 0 aliphatic carbocycles. The number of nitrogens with zero attached hydrogens (tertiary/aromatic N) is 2. The molecule has 20 heavy (non-hydrogen) atoms. The van der Waals surface area contributed by atoms with Crippen molar-refractivity contribution in [1.82, 2.24) is 14.5 Å². The average molecular weight is 275 g/mol. The minimum absolute atomic E-state index is 0.0979. The number of hydrogen-bond donors (Lipinski definition) is 2. The molecule has 0 spiro atoms. The number of carbonyl (C=O) groups excluding carboxylic acids is 1. The summed E-state index contributed by atoms with van der Waals surface area (Å²) in [6, 6.07) is 3.87. The SMILES string of the molecule is CN1CCC(n2c(=O)[nH]c3cc(C(=O)O)ccc32)C1=O. The summed E-state index contributed by atoms with van der Waals surface area (Å²) >= 11 is 0. The predicted molar refractivity (Wildman–Crippen MR) is 70.8 cm³/mol. The van der Waals surface area contributed by atoms with Crippen LogP contribution in [0.25, 0.3) is 11.0 Å². The molecule has 0 bridgehead atoms. The first kappa shape index (κ1) is 12.5. The van der Waals surface area contributed by atoms with Gasteiger partial charge in [-0.15, -0.1) is 0 Å². The van der Waals surface area contributed by atoms with Gasteiger partial charge in [-0.05, 0) is 24.6 Å². The van der Waals surface area contributed by atoms with Crippen LogP contribution in [0.15, 0.2) is 23.0 Å². The minimum atomic E-state index is -1.06. The molecule has 1 aromatic carbocycles. The standard InChI is InChI=1S/C13H13N3O4/c1-15-5-4-10(11(15)17)16-9-3-2-7(12(18)19)6-8(9)14-13(16)20/h2-3,6,10H,4-5H2,1H3,(H,14,20)(H,18,19). The predicted octanol–water partition coefficient (Wildman–Crippen LogP) is 0.431. The molecule has 7 nitrogen and oxygen atoms in total. The van der Waals surface area contributed by atoms with Crippen molar-refractivity contribution < 1.29 is 14.7 Å². The maximum atomic E-state index is 12.0. The highest BCUT2D eigenvalue weighted by atomic mass is 16.4. The Balaban J connectivity index is 2.17. The zero-order valence-electron chi connectivity index (χ0n) is 10.8. The highest BCUT2D eigenvalue weighted by Gasteiger charge is 2.32. The normalized spacial score (nSPS) is 18.9. The third-order valence-electron chi connectivity index (χ3n) is 3.67. The molecular weight excluding hydrogens is 262 g/mol. The number of aromatic carboxylic acids is 1. The zero-order valence-corrected chi connectivity index (χ0v) is 10.8. The largest absolute Gasteiger partial charge is 0.478 e. The second-order valence-corrected chi connectivity index (χ2v) is 4.90. The van der Waals surface area contributed by atoms with Crippen LogP contribution in [0.1, 0.15) is 22.8 Å². The third-order valence-corrected chi connectivity index (χ3v) is 3.67. The van der Waals surface area contributed by atoms with Crippen molar-refractivity contribution in [2.24, 2.45) is 0 Å². The van der Waals surface area contributed by atoms with Gasteiger partial charge in [-0.25, -0.2) is 9.59 Å². The highest BCUT2D eigenvalue weighted by Crippen LogP contribution is 2.24. The second kappa shape index (κ2) is 4.22. The van der Waals surface area contributed by atoms with E-state index in [4.69, 9.17) is 5.11 Å². The topological polar surface area (TPSA) is 95.4 Å². The molecule has 104 valence electrons. The molecule has 1 atom stereocenters. The van der Waals surface area contributed by atoms with Gasteiger partial charge in [0.05, 0.1) is 16.6 Å². The maximum absolute atomic E-state index is 12.0. The highest BCUT2D eigenvalue weighted by molar-refractivity contribution is 5.93. The van der Waals surface area contributed by atoms with Gasteiger partial charge in [-0.1, -0.05) is 0 Å². The minimum Gasteiger partial charge on any atom is -0.478 e. The molecule has 0 saturated carbocycles. The number of aromatic nitrogens is 2. The Morgan fingerprint density at radius 3 is 2.75 bits per heavy atom. The Labute approximate surface area is 113 Å². The van der Waals surface area contributed by atoms with E-state index in [9.17, 15) is 14.4 Å². The number of amides is 1. The summed E-state index contributed by atoms with van der Waals surface area (Å²) in [6.07, 6.45) is 0.572. The summed E-state index contributed by atoms with van der Waals surface area (Å²) in [4.78, 5) is 39.2. The molecule has 1 amide bonds. The molecule has 1 unspecified atom stereocenters. The number of imidazole rings is 1.